The number of rotatable bonds is 0. The Hall–Kier alpha value is -0.830. The van der Waals surface area contributed by atoms with Crippen LogP contribution in [0.1, 0.15) is 106 Å². The first-order chi connectivity index (χ1) is 15.2. The molecule has 0 aromatic carbocycles. The topological polar surface area (TPSA) is 46.5 Å². The summed E-state index contributed by atoms with van der Waals surface area (Å²) < 4.78 is 6.24. The van der Waals surface area contributed by atoms with Gasteiger partial charge in [-0.05, 0) is 91.3 Å². The highest BCUT2D eigenvalue weighted by molar-refractivity contribution is 5.82. The van der Waals surface area contributed by atoms with Gasteiger partial charge in [-0.2, -0.15) is 0 Å². The number of ether oxygens (including phenoxy) is 1. The van der Waals surface area contributed by atoms with Gasteiger partial charge in [-0.15, -0.1) is 0 Å². The van der Waals surface area contributed by atoms with Gasteiger partial charge in [0.2, 0.25) is 0 Å². The van der Waals surface area contributed by atoms with Gasteiger partial charge in [-0.25, -0.2) is 0 Å². The summed E-state index contributed by atoms with van der Waals surface area (Å²) in [6.45, 7) is 17.0. The van der Waals surface area contributed by atoms with E-state index in [1.54, 1.807) is 5.57 Å². The SMILES string of the molecule is CC1(C)CC[C@@]23CC[C@]4(C)C(=CC[C@@H]5[C@@]6(C)CC[C@@H](O)C(C)(C)[C@@H]6CC[C@]54C)[C@@H]2[C@@H]1OC3=O. The minimum atomic E-state index is -0.257. The number of aliphatic hydroxyl groups excluding tert-OH is 1. The Bertz CT molecular complexity index is 931. The van der Waals surface area contributed by atoms with E-state index in [1.165, 1.54) is 12.8 Å². The molecule has 184 valence electrons. The van der Waals surface area contributed by atoms with Gasteiger partial charge >= 0.3 is 5.97 Å². The van der Waals surface area contributed by atoms with E-state index in [9.17, 15) is 9.90 Å². The molecule has 0 amide bonds. The van der Waals surface area contributed by atoms with Crippen LogP contribution in [0.2, 0.25) is 0 Å². The van der Waals surface area contributed by atoms with Crippen LogP contribution in [0.5, 0.6) is 0 Å². The Morgan fingerprint density at radius 2 is 1.58 bits per heavy atom. The van der Waals surface area contributed by atoms with Gasteiger partial charge in [0.05, 0.1) is 11.5 Å². The van der Waals surface area contributed by atoms with Crippen molar-refractivity contribution in [2.45, 2.75) is 118 Å². The van der Waals surface area contributed by atoms with Crippen molar-refractivity contribution in [2.24, 2.45) is 50.2 Å². The van der Waals surface area contributed by atoms with Crippen LogP contribution < -0.4 is 0 Å². The minimum absolute atomic E-state index is 0.0113. The third-order valence-electron chi connectivity index (χ3n) is 13.4. The van der Waals surface area contributed by atoms with Crippen molar-refractivity contribution < 1.29 is 14.6 Å². The molecule has 2 bridgehead atoms. The molecular weight excluding hydrogens is 408 g/mol. The molecule has 0 radical (unpaired) electrons. The lowest BCUT2D eigenvalue weighted by Gasteiger charge is -2.70. The first kappa shape index (κ1) is 22.6. The van der Waals surface area contributed by atoms with Gasteiger partial charge in [0.1, 0.15) is 6.10 Å². The van der Waals surface area contributed by atoms with E-state index < -0.39 is 0 Å². The minimum Gasteiger partial charge on any atom is -0.461 e. The van der Waals surface area contributed by atoms with E-state index in [4.69, 9.17) is 4.74 Å². The van der Waals surface area contributed by atoms with Crippen LogP contribution in [-0.4, -0.2) is 23.3 Å². The monoisotopic (exact) mass is 454 g/mol. The molecule has 1 saturated heterocycles. The Morgan fingerprint density at radius 1 is 0.879 bits per heavy atom. The molecule has 6 aliphatic rings. The number of esters is 1. The number of fused-ring (bicyclic) bond motifs is 5. The van der Waals surface area contributed by atoms with Crippen LogP contribution in [0.3, 0.4) is 0 Å². The summed E-state index contributed by atoms with van der Waals surface area (Å²) in [5, 5.41) is 10.9. The van der Waals surface area contributed by atoms with Gasteiger partial charge in [-0.1, -0.05) is 60.1 Å². The molecule has 0 aromatic heterocycles. The van der Waals surface area contributed by atoms with Crippen molar-refractivity contribution in [2.75, 3.05) is 0 Å². The van der Waals surface area contributed by atoms with Crippen LogP contribution in [0, 0.1) is 50.2 Å². The summed E-state index contributed by atoms with van der Waals surface area (Å²) in [4.78, 5) is 13.3. The molecule has 3 heteroatoms. The first-order valence-electron chi connectivity index (χ1n) is 13.8. The smallest absolute Gasteiger partial charge is 0.313 e. The Balaban J connectivity index is 1.46. The molecule has 4 saturated carbocycles. The van der Waals surface area contributed by atoms with Crippen molar-refractivity contribution in [3.05, 3.63) is 11.6 Å². The molecule has 0 aromatic rings. The number of aliphatic hydroxyl groups is 1. The van der Waals surface area contributed by atoms with Gasteiger partial charge in [0, 0.05) is 11.3 Å². The zero-order valence-electron chi connectivity index (χ0n) is 22.1. The number of hydrogen-bond acceptors (Lipinski definition) is 3. The van der Waals surface area contributed by atoms with Crippen LogP contribution >= 0.6 is 0 Å². The largest absolute Gasteiger partial charge is 0.461 e. The molecule has 5 fully saturated rings. The molecule has 0 spiro atoms. The van der Waals surface area contributed by atoms with Crippen LogP contribution in [0.15, 0.2) is 11.6 Å². The molecule has 1 N–H and O–H groups in total. The Kier molecular flexibility index (Phi) is 4.31. The quantitative estimate of drug-likeness (QED) is 0.328. The molecular formula is C30H46O3. The van der Waals surface area contributed by atoms with Crippen molar-refractivity contribution in [1.29, 1.82) is 0 Å². The maximum atomic E-state index is 13.3. The Labute approximate surface area is 201 Å². The summed E-state index contributed by atoms with van der Waals surface area (Å²) in [5.74, 6) is 1.61. The predicted molar refractivity (Wildman–Crippen MR) is 130 cm³/mol. The molecule has 3 nitrogen and oxygen atoms in total. The highest BCUT2D eigenvalue weighted by Gasteiger charge is 2.73. The second kappa shape index (κ2) is 6.29. The molecule has 1 heterocycles. The third-order valence-corrected chi connectivity index (χ3v) is 13.4. The fraction of sp³-hybridized carbons (Fsp3) is 0.900. The second-order valence-electron chi connectivity index (χ2n) is 15.1. The molecule has 0 unspecified atom stereocenters. The predicted octanol–water partition coefficient (Wildman–Crippen LogP) is 6.68. The lowest BCUT2D eigenvalue weighted by molar-refractivity contribution is -0.202. The first-order valence-corrected chi connectivity index (χ1v) is 13.8. The summed E-state index contributed by atoms with van der Waals surface area (Å²) in [6, 6.07) is 0. The zero-order chi connectivity index (χ0) is 23.8. The summed E-state index contributed by atoms with van der Waals surface area (Å²) >= 11 is 0. The molecule has 33 heavy (non-hydrogen) atoms. The fourth-order valence-corrected chi connectivity index (χ4v) is 11.0. The number of carbonyl (C=O) groups is 1. The van der Waals surface area contributed by atoms with Crippen molar-refractivity contribution in [3.8, 4) is 0 Å². The molecule has 6 rings (SSSR count). The van der Waals surface area contributed by atoms with Crippen molar-refractivity contribution in [1.82, 2.24) is 0 Å². The highest BCUT2D eigenvalue weighted by Crippen LogP contribution is 2.76. The van der Waals surface area contributed by atoms with Gasteiger partial charge < -0.3 is 9.84 Å². The zero-order valence-corrected chi connectivity index (χ0v) is 22.1. The summed E-state index contributed by atoms with van der Waals surface area (Å²) in [6.07, 6.45) is 12.4. The normalized spacial score (nSPS) is 55.9. The standard InChI is InChI=1S/C30H46O3/c1-25(2)14-16-30-17-15-28(6)18(22(30)23(25)33-24(30)32)8-9-20-27(5)12-11-21(31)26(3,4)19(27)10-13-29(20,28)7/h8,19-23,31H,9-17H2,1-7H3/t19-,20+,21+,22+,23-,27-,28+,29+,30+/m0/s1. The lowest BCUT2D eigenvalue weighted by Crippen LogP contribution is -2.65. The maximum Gasteiger partial charge on any atom is 0.313 e. The molecule has 1 aliphatic heterocycles. The number of carbonyl (C=O) groups excluding carboxylic acids is 1. The van der Waals surface area contributed by atoms with Crippen molar-refractivity contribution >= 4 is 5.97 Å². The lowest BCUT2D eigenvalue weighted by atomic mass is 9.33. The molecule has 9 atom stereocenters. The average molecular weight is 455 g/mol. The van der Waals surface area contributed by atoms with Gasteiger partial charge in [0.25, 0.3) is 0 Å². The van der Waals surface area contributed by atoms with E-state index in [0.29, 0.717) is 11.8 Å². The fourth-order valence-electron chi connectivity index (χ4n) is 11.0. The van der Waals surface area contributed by atoms with E-state index in [1.807, 2.05) is 0 Å². The highest BCUT2D eigenvalue weighted by atomic mass is 16.6. The summed E-state index contributed by atoms with van der Waals surface area (Å²) in [7, 11) is 0. The van der Waals surface area contributed by atoms with Crippen LogP contribution in [0.4, 0.5) is 0 Å². The van der Waals surface area contributed by atoms with Crippen LogP contribution in [0.25, 0.3) is 0 Å². The van der Waals surface area contributed by atoms with E-state index in [0.717, 1.165) is 44.9 Å². The van der Waals surface area contributed by atoms with Crippen molar-refractivity contribution in [3.63, 3.8) is 0 Å². The number of allylic oxidation sites excluding steroid dienone is 1. The second-order valence-corrected chi connectivity index (χ2v) is 15.1. The van der Waals surface area contributed by atoms with E-state index in [-0.39, 0.29) is 56.6 Å². The van der Waals surface area contributed by atoms with E-state index >= 15 is 0 Å². The van der Waals surface area contributed by atoms with Gasteiger partial charge in [-0.3, -0.25) is 4.79 Å². The maximum absolute atomic E-state index is 13.3. The third kappa shape index (κ3) is 2.40. The summed E-state index contributed by atoms with van der Waals surface area (Å²) in [5.41, 5.74) is 2.03. The average Bonchev–Trinajstić information content (AvgIpc) is 2.99. The number of hydrogen-bond donors (Lipinski definition) is 1. The van der Waals surface area contributed by atoms with E-state index in [2.05, 4.69) is 54.5 Å². The van der Waals surface area contributed by atoms with Gasteiger partial charge in [0.15, 0.2) is 0 Å². The Morgan fingerprint density at radius 3 is 2.30 bits per heavy atom. The van der Waals surface area contributed by atoms with Crippen LogP contribution in [-0.2, 0) is 9.53 Å². The molecule has 5 aliphatic carbocycles.